The molecule has 1 N–H and O–H groups in total. The summed E-state index contributed by atoms with van der Waals surface area (Å²) in [5.74, 6) is 0.605. The molecule has 0 aliphatic carbocycles. The number of nitrogens with zero attached hydrogens (tertiary/aromatic N) is 1. The number of amides is 1. The molecule has 30 heavy (non-hydrogen) atoms. The number of hydrogen-bond donors (Lipinski definition) is 1. The van der Waals surface area contributed by atoms with E-state index < -0.39 is 22.7 Å². The Hall–Kier alpha value is -2.19. The highest BCUT2D eigenvalue weighted by atomic mass is 35.5. The number of nitrogens with one attached hydrogen (secondary N) is 1. The number of ether oxygens (including phenoxy) is 2. The van der Waals surface area contributed by atoms with Gasteiger partial charge >= 0.3 is 6.18 Å². The summed E-state index contributed by atoms with van der Waals surface area (Å²) >= 11 is 5.61. The van der Waals surface area contributed by atoms with Crippen molar-refractivity contribution in [3.63, 3.8) is 0 Å². The predicted molar refractivity (Wildman–Crippen MR) is 112 cm³/mol. The Balaban J connectivity index is 2.93. The molecule has 0 heterocycles. The van der Waals surface area contributed by atoms with E-state index in [9.17, 15) is 18.0 Å². The minimum atomic E-state index is -4.61. The smallest absolute Gasteiger partial charge is 0.417 e. The van der Waals surface area contributed by atoms with Gasteiger partial charge in [-0.2, -0.15) is 13.2 Å². The van der Waals surface area contributed by atoms with Crippen molar-refractivity contribution in [1.29, 1.82) is 0 Å². The third kappa shape index (κ3) is 9.54. The van der Waals surface area contributed by atoms with Crippen LogP contribution in [-0.4, -0.2) is 44.7 Å². The lowest BCUT2D eigenvalue weighted by molar-refractivity contribution is -0.137. The van der Waals surface area contributed by atoms with E-state index in [1.165, 1.54) is 6.07 Å². The van der Waals surface area contributed by atoms with Crippen molar-refractivity contribution in [2.45, 2.75) is 32.9 Å². The van der Waals surface area contributed by atoms with E-state index in [1.807, 2.05) is 32.8 Å². The summed E-state index contributed by atoms with van der Waals surface area (Å²) in [6, 6.07) is 3.22. The summed E-state index contributed by atoms with van der Waals surface area (Å²) in [4.78, 5) is 14.3. The molecule has 0 atom stereocenters. The number of halogens is 4. The minimum Gasteiger partial charge on any atom is -0.498 e. The monoisotopic (exact) mass is 448 g/mol. The molecule has 0 saturated heterocycles. The summed E-state index contributed by atoms with van der Waals surface area (Å²) in [7, 11) is 3.78. The van der Waals surface area contributed by atoms with Crippen LogP contribution < -0.4 is 5.32 Å². The van der Waals surface area contributed by atoms with E-state index >= 15 is 0 Å². The summed E-state index contributed by atoms with van der Waals surface area (Å²) in [6.45, 7) is 5.32. The van der Waals surface area contributed by atoms with Gasteiger partial charge in [-0.25, -0.2) is 0 Å². The van der Waals surface area contributed by atoms with Gasteiger partial charge in [0.15, 0.2) is 0 Å². The number of likely N-dealkylation sites (N-methyl/N-ethyl adjacent to an activating group) is 1. The molecular formula is C21H28ClF3N2O3. The second-order valence-corrected chi connectivity index (χ2v) is 7.03. The van der Waals surface area contributed by atoms with Crippen molar-refractivity contribution < 1.29 is 27.4 Å². The van der Waals surface area contributed by atoms with Crippen LogP contribution >= 0.6 is 11.6 Å². The molecule has 0 fully saturated rings. The third-order valence-corrected chi connectivity index (χ3v) is 4.18. The fourth-order valence-electron chi connectivity index (χ4n) is 2.34. The van der Waals surface area contributed by atoms with Gasteiger partial charge in [0.05, 0.1) is 29.4 Å². The van der Waals surface area contributed by atoms with Gasteiger partial charge in [-0.1, -0.05) is 18.5 Å². The number of allylic oxidation sites excluding steroid dienone is 3. The maximum absolute atomic E-state index is 13.0. The largest absolute Gasteiger partial charge is 0.498 e. The number of hydrogen-bond acceptors (Lipinski definition) is 4. The number of benzene rings is 1. The van der Waals surface area contributed by atoms with Crippen molar-refractivity contribution in [3.8, 4) is 0 Å². The van der Waals surface area contributed by atoms with E-state index in [4.69, 9.17) is 21.1 Å². The molecular weight excluding hydrogens is 421 g/mol. The molecule has 1 aromatic rings. The molecule has 1 rings (SSSR count). The van der Waals surface area contributed by atoms with E-state index in [-0.39, 0.29) is 12.1 Å². The van der Waals surface area contributed by atoms with Crippen LogP contribution in [0.1, 0.15) is 32.3 Å². The van der Waals surface area contributed by atoms with E-state index in [0.717, 1.165) is 17.9 Å². The van der Waals surface area contributed by atoms with Crippen molar-refractivity contribution in [2.24, 2.45) is 0 Å². The highest BCUT2D eigenvalue weighted by Gasteiger charge is 2.33. The first-order valence-electron chi connectivity index (χ1n) is 9.53. The predicted octanol–water partition coefficient (Wildman–Crippen LogP) is 5.48. The van der Waals surface area contributed by atoms with Crippen LogP contribution in [0.2, 0.25) is 5.02 Å². The van der Waals surface area contributed by atoms with Crippen molar-refractivity contribution in [2.75, 3.05) is 39.2 Å². The highest BCUT2D eigenvalue weighted by molar-refractivity contribution is 6.31. The topological polar surface area (TPSA) is 50.8 Å². The first-order chi connectivity index (χ1) is 14.1. The molecule has 0 bridgehead atoms. The zero-order valence-electron chi connectivity index (χ0n) is 17.6. The van der Waals surface area contributed by atoms with Crippen molar-refractivity contribution >= 4 is 23.2 Å². The molecule has 9 heteroatoms. The molecule has 1 aromatic carbocycles. The molecule has 0 aromatic heterocycles. The van der Waals surface area contributed by atoms with Crippen LogP contribution in [0.15, 0.2) is 41.9 Å². The summed E-state index contributed by atoms with van der Waals surface area (Å²) in [5, 5.41) is 2.03. The molecule has 0 saturated carbocycles. The fourth-order valence-corrected chi connectivity index (χ4v) is 2.57. The minimum absolute atomic E-state index is 0.00321. The number of carbonyl (C=O) groups excluding carboxylic acids is 1. The zero-order chi connectivity index (χ0) is 22.7. The Morgan fingerprint density at radius 1 is 1.17 bits per heavy atom. The lowest BCUT2D eigenvalue weighted by Crippen LogP contribution is -2.19. The SMILES string of the molecule is CCO/C(=C/C=C(\CC(=O)Nc1ccc(Cl)c(C(F)(F)F)c1)OCCN(C)C)CC. The average Bonchev–Trinajstić information content (AvgIpc) is 2.65. The van der Waals surface area contributed by atoms with Gasteiger partial charge < -0.3 is 19.7 Å². The number of rotatable bonds is 11. The number of anilines is 1. The van der Waals surface area contributed by atoms with E-state index in [0.29, 0.717) is 31.9 Å². The quantitative estimate of drug-likeness (QED) is 0.360. The highest BCUT2D eigenvalue weighted by Crippen LogP contribution is 2.36. The Bertz CT molecular complexity index is 762. The standard InChI is InChI=1S/C21H28ClF3N2O3/c1-5-16(29-6-2)8-9-17(30-12-11-27(3)4)14-20(28)26-15-7-10-19(22)18(13-15)21(23,24)25/h7-10,13H,5-6,11-12,14H2,1-4H3,(H,26,28)/b16-8+,17-9+. The molecule has 168 valence electrons. The molecule has 0 unspecified atom stereocenters. The van der Waals surface area contributed by atoms with Gasteiger partial charge in [0.1, 0.15) is 12.4 Å². The normalized spacial score (nSPS) is 12.8. The molecule has 5 nitrogen and oxygen atoms in total. The van der Waals surface area contributed by atoms with Gasteiger partial charge in [0.25, 0.3) is 0 Å². The van der Waals surface area contributed by atoms with Crippen LogP contribution in [0.3, 0.4) is 0 Å². The first-order valence-corrected chi connectivity index (χ1v) is 9.91. The Morgan fingerprint density at radius 3 is 2.40 bits per heavy atom. The zero-order valence-corrected chi connectivity index (χ0v) is 18.4. The first kappa shape index (κ1) is 25.8. The number of alkyl halides is 3. The second-order valence-electron chi connectivity index (χ2n) is 6.62. The molecule has 0 aliphatic heterocycles. The second kappa shape index (κ2) is 12.5. The fraction of sp³-hybridized carbons (Fsp3) is 0.476. The summed E-state index contributed by atoms with van der Waals surface area (Å²) < 4.78 is 50.2. The van der Waals surface area contributed by atoms with Gasteiger partial charge in [-0.15, -0.1) is 0 Å². The average molecular weight is 449 g/mol. The summed E-state index contributed by atoms with van der Waals surface area (Å²) in [6.07, 6.45) is -0.707. The lowest BCUT2D eigenvalue weighted by Gasteiger charge is -2.15. The van der Waals surface area contributed by atoms with Gasteiger partial charge in [0.2, 0.25) is 5.91 Å². The molecule has 1 amide bonds. The van der Waals surface area contributed by atoms with Crippen molar-refractivity contribution in [1.82, 2.24) is 4.90 Å². The maximum Gasteiger partial charge on any atom is 0.417 e. The van der Waals surface area contributed by atoms with E-state index in [1.54, 1.807) is 12.2 Å². The summed E-state index contributed by atoms with van der Waals surface area (Å²) in [5.41, 5.74) is -1.00. The van der Waals surface area contributed by atoms with Crippen LogP contribution in [0, 0.1) is 0 Å². The van der Waals surface area contributed by atoms with Gasteiger partial charge in [0, 0.05) is 18.7 Å². The van der Waals surface area contributed by atoms with Crippen LogP contribution in [0.25, 0.3) is 0 Å². The molecule has 0 aliphatic rings. The van der Waals surface area contributed by atoms with E-state index in [2.05, 4.69) is 5.32 Å². The third-order valence-electron chi connectivity index (χ3n) is 3.85. The lowest BCUT2D eigenvalue weighted by atomic mass is 10.2. The van der Waals surface area contributed by atoms with Gasteiger partial charge in [-0.05, 0) is 51.4 Å². The number of carbonyl (C=O) groups is 1. The van der Waals surface area contributed by atoms with Crippen LogP contribution in [0.4, 0.5) is 18.9 Å². The van der Waals surface area contributed by atoms with Gasteiger partial charge in [-0.3, -0.25) is 4.79 Å². The Labute approximate surface area is 180 Å². The van der Waals surface area contributed by atoms with Crippen LogP contribution in [-0.2, 0) is 20.4 Å². The molecule has 0 spiro atoms. The van der Waals surface area contributed by atoms with Crippen LogP contribution in [0.5, 0.6) is 0 Å². The van der Waals surface area contributed by atoms with Crippen molar-refractivity contribution in [3.05, 3.63) is 52.5 Å². The Kier molecular flexibility index (Phi) is 10.8. The Morgan fingerprint density at radius 2 is 1.83 bits per heavy atom. The molecule has 0 radical (unpaired) electrons. The maximum atomic E-state index is 13.0.